The Labute approximate surface area is 155 Å². The molecule has 0 saturated carbocycles. The second-order valence-electron chi connectivity index (χ2n) is 7.88. The van der Waals surface area contributed by atoms with E-state index in [1.54, 1.807) is 0 Å². The molecule has 2 aromatic carbocycles. The Balaban J connectivity index is 1.44. The molecule has 3 nitrogen and oxygen atoms in total. The first-order chi connectivity index (χ1) is 12.8. The highest BCUT2D eigenvalue weighted by molar-refractivity contribution is 6.11. The molecule has 132 valence electrons. The molecule has 0 aromatic heterocycles. The van der Waals surface area contributed by atoms with Gasteiger partial charge in [-0.1, -0.05) is 61.5 Å². The summed E-state index contributed by atoms with van der Waals surface area (Å²) >= 11 is 0. The predicted octanol–water partition coefficient (Wildman–Crippen LogP) is 3.90. The van der Waals surface area contributed by atoms with Gasteiger partial charge in [0.25, 0.3) is 0 Å². The van der Waals surface area contributed by atoms with E-state index in [4.69, 9.17) is 4.99 Å². The smallest absolute Gasteiger partial charge is 0.129 e. The average Bonchev–Trinajstić information content (AvgIpc) is 3.32. The lowest BCUT2D eigenvalue weighted by Crippen LogP contribution is -2.44. The zero-order chi connectivity index (χ0) is 17.5. The normalized spacial score (nSPS) is 23.0. The van der Waals surface area contributed by atoms with Gasteiger partial charge in [0.15, 0.2) is 0 Å². The van der Waals surface area contributed by atoms with Gasteiger partial charge in [0.1, 0.15) is 5.84 Å². The van der Waals surface area contributed by atoms with Gasteiger partial charge in [-0.05, 0) is 34.2 Å². The Hall–Kier alpha value is -2.39. The summed E-state index contributed by atoms with van der Waals surface area (Å²) in [6, 6.07) is 13.7. The lowest BCUT2D eigenvalue weighted by molar-refractivity contribution is 0.105. The molecule has 1 fully saturated rings. The third kappa shape index (κ3) is 2.77. The molecule has 0 spiro atoms. The third-order valence-electron chi connectivity index (χ3n) is 5.79. The number of hydrogen-bond acceptors (Lipinski definition) is 3. The fourth-order valence-corrected chi connectivity index (χ4v) is 4.44. The molecule has 0 bridgehead atoms. The van der Waals surface area contributed by atoms with Crippen molar-refractivity contribution >= 4 is 16.6 Å². The van der Waals surface area contributed by atoms with E-state index in [0.29, 0.717) is 6.04 Å². The summed E-state index contributed by atoms with van der Waals surface area (Å²) in [5, 5.41) is 6.33. The van der Waals surface area contributed by atoms with Gasteiger partial charge in [0, 0.05) is 25.2 Å². The van der Waals surface area contributed by atoms with Crippen LogP contribution in [0.1, 0.15) is 24.5 Å². The van der Waals surface area contributed by atoms with Crippen LogP contribution in [0.4, 0.5) is 0 Å². The molecule has 1 N–H and O–H groups in total. The third-order valence-corrected chi connectivity index (χ3v) is 5.79. The van der Waals surface area contributed by atoms with Crippen molar-refractivity contribution in [3.8, 4) is 0 Å². The lowest BCUT2D eigenvalue weighted by Gasteiger charge is -2.37. The van der Waals surface area contributed by atoms with E-state index >= 15 is 0 Å². The van der Waals surface area contributed by atoms with Crippen molar-refractivity contribution in [3.05, 3.63) is 71.3 Å². The minimum atomic E-state index is 0.348. The van der Waals surface area contributed by atoms with E-state index < -0.39 is 0 Å². The van der Waals surface area contributed by atoms with E-state index in [0.717, 1.165) is 31.3 Å². The van der Waals surface area contributed by atoms with Crippen molar-refractivity contribution in [1.29, 1.82) is 0 Å². The first-order valence-electron chi connectivity index (χ1n) is 9.68. The van der Waals surface area contributed by atoms with Gasteiger partial charge in [-0.3, -0.25) is 9.89 Å². The Morgan fingerprint density at radius 1 is 1.12 bits per heavy atom. The maximum Gasteiger partial charge on any atom is 0.129 e. The molecule has 1 unspecified atom stereocenters. The topological polar surface area (TPSA) is 27.6 Å². The van der Waals surface area contributed by atoms with Gasteiger partial charge in [-0.25, -0.2) is 0 Å². The van der Waals surface area contributed by atoms with Gasteiger partial charge in [-0.2, -0.15) is 0 Å². The molecular weight excluding hydrogens is 318 g/mol. The summed E-state index contributed by atoms with van der Waals surface area (Å²) in [6.45, 7) is 6.65. The monoisotopic (exact) mass is 343 g/mol. The van der Waals surface area contributed by atoms with E-state index in [9.17, 15) is 0 Å². The van der Waals surface area contributed by atoms with Crippen LogP contribution in [0.15, 0.2) is 65.2 Å². The number of allylic oxidation sites excluding steroid dienone is 3. The molecule has 2 heterocycles. The standard InChI is InChI=1S/C23H25N3/c1-16-13-26(14-16)15-18-10-11-21(20-9-5-4-8-19(18)20)23-24-12-22(25-23)17-6-2-3-7-17/h2-6,8-11,16,22H,7,12-15H2,1H3,(H,24,25). The van der Waals surface area contributed by atoms with Gasteiger partial charge < -0.3 is 5.32 Å². The van der Waals surface area contributed by atoms with Crippen molar-refractivity contribution in [3.63, 3.8) is 0 Å². The molecule has 0 radical (unpaired) electrons. The molecule has 26 heavy (non-hydrogen) atoms. The SMILES string of the molecule is CC1CN(Cc2ccc(C3=NCC(C4=CC=CC4)N3)c3ccccc23)C1. The number of nitrogens with one attached hydrogen (secondary N) is 1. The summed E-state index contributed by atoms with van der Waals surface area (Å²) in [6.07, 6.45) is 7.64. The molecule has 5 rings (SSSR count). The molecule has 1 atom stereocenters. The van der Waals surface area contributed by atoms with Crippen LogP contribution in [-0.4, -0.2) is 36.4 Å². The number of nitrogens with zero attached hydrogens (tertiary/aromatic N) is 2. The molecule has 1 aliphatic carbocycles. The van der Waals surface area contributed by atoms with E-state index in [1.165, 1.54) is 40.6 Å². The van der Waals surface area contributed by atoms with Crippen molar-refractivity contribution in [2.45, 2.75) is 25.9 Å². The van der Waals surface area contributed by atoms with Crippen molar-refractivity contribution in [2.24, 2.45) is 10.9 Å². The highest BCUT2D eigenvalue weighted by Crippen LogP contribution is 2.28. The fraction of sp³-hybridized carbons (Fsp3) is 0.348. The first-order valence-corrected chi connectivity index (χ1v) is 9.68. The Morgan fingerprint density at radius 2 is 1.96 bits per heavy atom. The number of aliphatic imine (C=N–C) groups is 1. The van der Waals surface area contributed by atoms with Gasteiger partial charge in [0.2, 0.25) is 0 Å². The van der Waals surface area contributed by atoms with Crippen LogP contribution in [0.2, 0.25) is 0 Å². The lowest BCUT2D eigenvalue weighted by atomic mass is 9.96. The van der Waals surface area contributed by atoms with Crippen LogP contribution in [0.25, 0.3) is 10.8 Å². The first kappa shape index (κ1) is 15.8. The molecule has 1 saturated heterocycles. The highest BCUT2D eigenvalue weighted by atomic mass is 15.2. The molecule has 2 aromatic rings. The number of hydrogen-bond donors (Lipinski definition) is 1. The summed E-state index contributed by atoms with van der Waals surface area (Å²) < 4.78 is 0. The number of amidine groups is 1. The number of likely N-dealkylation sites (tertiary alicyclic amines) is 1. The Bertz CT molecular complexity index is 932. The van der Waals surface area contributed by atoms with Crippen LogP contribution < -0.4 is 5.32 Å². The average molecular weight is 343 g/mol. The van der Waals surface area contributed by atoms with Gasteiger partial charge >= 0.3 is 0 Å². The minimum absolute atomic E-state index is 0.348. The molecule has 0 amide bonds. The molecule has 3 aliphatic rings. The van der Waals surface area contributed by atoms with Crippen molar-refractivity contribution in [1.82, 2.24) is 10.2 Å². The van der Waals surface area contributed by atoms with Crippen LogP contribution in [0.3, 0.4) is 0 Å². The minimum Gasteiger partial charge on any atom is -0.361 e. The van der Waals surface area contributed by atoms with Crippen LogP contribution in [-0.2, 0) is 6.54 Å². The number of rotatable bonds is 4. The number of benzene rings is 2. The zero-order valence-electron chi connectivity index (χ0n) is 15.3. The summed E-state index contributed by atoms with van der Waals surface area (Å²) in [7, 11) is 0. The van der Waals surface area contributed by atoms with Crippen LogP contribution >= 0.6 is 0 Å². The quantitative estimate of drug-likeness (QED) is 0.912. The molecular formula is C23H25N3. The highest BCUT2D eigenvalue weighted by Gasteiger charge is 2.25. The molecule has 2 aliphatic heterocycles. The van der Waals surface area contributed by atoms with Gasteiger partial charge in [0.05, 0.1) is 12.6 Å². The fourth-order valence-electron chi connectivity index (χ4n) is 4.44. The molecule has 3 heteroatoms. The predicted molar refractivity (Wildman–Crippen MR) is 109 cm³/mol. The van der Waals surface area contributed by atoms with Crippen LogP contribution in [0.5, 0.6) is 0 Å². The van der Waals surface area contributed by atoms with E-state index in [-0.39, 0.29) is 0 Å². The number of fused-ring (bicyclic) bond motifs is 1. The largest absolute Gasteiger partial charge is 0.361 e. The van der Waals surface area contributed by atoms with Crippen molar-refractivity contribution in [2.75, 3.05) is 19.6 Å². The zero-order valence-corrected chi connectivity index (χ0v) is 15.3. The van der Waals surface area contributed by atoms with Crippen molar-refractivity contribution < 1.29 is 0 Å². The Morgan fingerprint density at radius 3 is 2.73 bits per heavy atom. The van der Waals surface area contributed by atoms with Crippen LogP contribution in [0, 0.1) is 5.92 Å². The van der Waals surface area contributed by atoms with E-state index in [2.05, 4.69) is 71.8 Å². The summed E-state index contributed by atoms with van der Waals surface area (Å²) in [4.78, 5) is 7.37. The second kappa shape index (κ2) is 6.40. The maximum absolute atomic E-state index is 4.84. The second-order valence-corrected chi connectivity index (χ2v) is 7.88. The maximum atomic E-state index is 4.84. The Kier molecular flexibility index (Phi) is 3.90. The summed E-state index contributed by atoms with van der Waals surface area (Å²) in [5.74, 6) is 1.89. The van der Waals surface area contributed by atoms with Gasteiger partial charge in [-0.15, -0.1) is 0 Å². The van der Waals surface area contributed by atoms with E-state index in [1.807, 2.05) is 0 Å². The summed E-state index contributed by atoms with van der Waals surface area (Å²) in [5.41, 5.74) is 4.10.